The zero-order valence-electron chi connectivity index (χ0n) is 10.8. The topological polar surface area (TPSA) is 110 Å². The first-order valence-corrected chi connectivity index (χ1v) is 5.59. The molecular formula is C14H11NO6. The zero-order chi connectivity index (χ0) is 16.0. The van der Waals surface area contributed by atoms with E-state index in [2.05, 4.69) is 18.5 Å². The predicted octanol–water partition coefficient (Wildman–Crippen LogP) is 0.919. The molecule has 1 aliphatic heterocycles. The van der Waals surface area contributed by atoms with Gasteiger partial charge in [0.05, 0.1) is 11.1 Å². The minimum Gasteiger partial charge on any atom is -0.478 e. The summed E-state index contributed by atoms with van der Waals surface area (Å²) in [7, 11) is 0. The Morgan fingerprint density at radius 1 is 1.14 bits per heavy atom. The number of nitrogens with one attached hydrogen (secondary N) is 1. The molecule has 2 N–H and O–H groups in total. The maximum absolute atomic E-state index is 11.4. The molecule has 0 bridgehead atoms. The van der Waals surface area contributed by atoms with Gasteiger partial charge in [-0.15, -0.1) is 0 Å². The fourth-order valence-corrected chi connectivity index (χ4v) is 1.42. The zero-order valence-corrected chi connectivity index (χ0v) is 10.8. The molecule has 2 amide bonds. The SMILES string of the molecule is C=CC(=O)O.C=CC(=O)Oc1cccc2c1C(=O)NC2=O. The number of imide groups is 1. The van der Waals surface area contributed by atoms with E-state index in [1.165, 1.54) is 18.2 Å². The Kier molecular flexibility index (Phi) is 5.13. The van der Waals surface area contributed by atoms with Gasteiger partial charge in [0.1, 0.15) is 5.75 Å². The number of fused-ring (bicyclic) bond motifs is 1. The number of carbonyl (C=O) groups is 4. The van der Waals surface area contributed by atoms with E-state index in [0.717, 1.165) is 12.2 Å². The van der Waals surface area contributed by atoms with E-state index in [9.17, 15) is 19.2 Å². The van der Waals surface area contributed by atoms with E-state index in [-0.39, 0.29) is 16.9 Å². The van der Waals surface area contributed by atoms with Crippen LogP contribution in [0.4, 0.5) is 0 Å². The average molecular weight is 289 g/mol. The fourth-order valence-electron chi connectivity index (χ4n) is 1.42. The van der Waals surface area contributed by atoms with Gasteiger partial charge in [0, 0.05) is 12.2 Å². The predicted molar refractivity (Wildman–Crippen MR) is 71.9 cm³/mol. The number of carboxylic acid groups (broad SMARTS) is 1. The smallest absolute Gasteiger partial charge is 0.335 e. The van der Waals surface area contributed by atoms with Crippen LogP contribution < -0.4 is 10.1 Å². The number of benzene rings is 1. The maximum Gasteiger partial charge on any atom is 0.335 e. The molecule has 1 aromatic rings. The first-order valence-electron chi connectivity index (χ1n) is 5.59. The molecule has 0 radical (unpaired) electrons. The van der Waals surface area contributed by atoms with Crippen molar-refractivity contribution in [2.45, 2.75) is 0 Å². The molecule has 108 valence electrons. The molecule has 0 atom stereocenters. The van der Waals surface area contributed by atoms with Crippen molar-refractivity contribution in [2.75, 3.05) is 0 Å². The quantitative estimate of drug-likeness (QED) is 0.370. The molecular weight excluding hydrogens is 278 g/mol. The Morgan fingerprint density at radius 3 is 2.29 bits per heavy atom. The van der Waals surface area contributed by atoms with Crippen LogP contribution in [0.3, 0.4) is 0 Å². The third-order valence-electron chi connectivity index (χ3n) is 2.28. The lowest BCUT2D eigenvalue weighted by atomic mass is 10.1. The van der Waals surface area contributed by atoms with Crippen molar-refractivity contribution in [3.8, 4) is 5.75 Å². The maximum atomic E-state index is 11.4. The Bertz CT molecular complexity index is 647. The van der Waals surface area contributed by atoms with E-state index < -0.39 is 23.8 Å². The highest BCUT2D eigenvalue weighted by Crippen LogP contribution is 2.26. The van der Waals surface area contributed by atoms with Crippen LogP contribution in [0.2, 0.25) is 0 Å². The van der Waals surface area contributed by atoms with Gasteiger partial charge in [0.15, 0.2) is 0 Å². The Morgan fingerprint density at radius 2 is 1.76 bits per heavy atom. The lowest BCUT2D eigenvalue weighted by molar-refractivity contribution is -0.131. The molecule has 7 heteroatoms. The molecule has 1 heterocycles. The number of esters is 1. The second-order valence-electron chi connectivity index (χ2n) is 3.63. The van der Waals surface area contributed by atoms with Crippen LogP contribution in [-0.4, -0.2) is 28.9 Å². The average Bonchev–Trinajstić information content (AvgIpc) is 2.75. The van der Waals surface area contributed by atoms with Crippen LogP contribution in [0.5, 0.6) is 5.75 Å². The summed E-state index contributed by atoms with van der Waals surface area (Å²) in [6.07, 6.45) is 1.81. The van der Waals surface area contributed by atoms with Crippen molar-refractivity contribution < 1.29 is 29.0 Å². The summed E-state index contributed by atoms with van der Waals surface area (Å²) in [5.41, 5.74) is 0.294. The van der Waals surface area contributed by atoms with E-state index in [1.807, 2.05) is 0 Å². The number of amides is 2. The Labute approximate surface area is 119 Å². The number of aliphatic carboxylic acids is 1. The molecule has 0 aliphatic carbocycles. The molecule has 0 fully saturated rings. The Hall–Kier alpha value is -3.22. The summed E-state index contributed by atoms with van der Waals surface area (Å²) in [4.78, 5) is 43.0. The second kappa shape index (κ2) is 6.80. The molecule has 1 aliphatic rings. The first-order chi connectivity index (χ1) is 9.90. The van der Waals surface area contributed by atoms with Crippen LogP contribution in [0.25, 0.3) is 0 Å². The second-order valence-corrected chi connectivity index (χ2v) is 3.63. The lowest BCUT2D eigenvalue weighted by Gasteiger charge is -2.04. The summed E-state index contributed by atoms with van der Waals surface area (Å²) < 4.78 is 4.86. The van der Waals surface area contributed by atoms with Crippen LogP contribution >= 0.6 is 0 Å². The number of carboxylic acids is 1. The summed E-state index contributed by atoms with van der Waals surface area (Å²) >= 11 is 0. The normalized spacial score (nSPS) is 11.4. The molecule has 0 saturated heterocycles. The van der Waals surface area contributed by atoms with Gasteiger partial charge < -0.3 is 9.84 Å². The van der Waals surface area contributed by atoms with Crippen molar-refractivity contribution in [3.63, 3.8) is 0 Å². The van der Waals surface area contributed by atoms with Gasteiger partial charge in [-0.1, -0.05) is 19.2 Å². The monoisotopic (exact) mass is 289 g/mol. The van der Waals surface area contributed by atoms with Gasteiger partial charge >= 0.3 is 11.9 Å². The standard InChI is InChI=1S/C11H7NO4.C3H4O2/c1-2-8(13)16-7-5-3-4-6-9(7)11(15)12-10(6)14;1-2-3(4)5/h2-5H,1H2,(H,12,14,15);2H,1H2,(H,4,5). The van der Waals surface area contributed by atoms with Crippen molar-refractivity contribution in [1.82, 2.24) is 5.32 Å². The highest BCUT2D eigenvalue weighted by molar-refractivity contribution is 6.22. The largest absolute Gasteiger partial charge is 0.478 e. The van der Waals surface area contributed by atoms with E-state index in [1.54, 1.807) is 0 Å². The van der Waals surface area contributed by atoms with E-state index >= 15 is 0 Å². The highest BCUT2D eigenvalue weighted by Gasteiger charge is 2.30. The molecule has 2 rings (SSSR count). The van der Waals surface area contributed by atoms with Crippen LogP contribution in [0, 0.1) is 0 Å². The van der Waals surface area contributed by atoms with Gasteiger partial charge in [-0.25, -0.2) is 9.59 Å². The number of hydrogen-bond acceptors (Lipinski definition) is 5. The fraction of sp³-hybridized carbons (Fsp3) is 0. The van der Waals surface area contributed by atoms with Gasteiger partial charge in [-0.3, -0.25) is 14.9 Å². The minimum absolute atomic E-state index is 0.0609. The number of hydrogen-bond donors (Lipinski definition) is 2. The number of carbonyl (C=O) groups excluding carboxylic acids is 3. The summed E-state index contributed by atoms with van der Waals surface area (Å²) in [6, 6.07) is 4.46. The molecule has 0 saturated carbocycles. The Balaban J connectivity index is 0.000000383. The highest BCUT2D eigenvalue weighted by atomic mass is 16.5. The molecule has 1 aromatic carbocycles. The number of rotatable bonds is 3. The molecule has 0 unspecified atom stereocenters. The van der Waals surface area contributed by atoms with Crippen molar-refractivity contribution >= 4 is 23.8 Å². The summed E-state index contributed by atoms with van der Waals surface area (Å²) in [5, 5.41) is 9.72. The minimum atomic E-state index is -0.981. The summed E-state index contributed by atoms with van der Waals surface area (Å²) in [6.45, 7) is 6.20. The van der Waals surface area contributed by atoms with Crippen molar-refractivity contribution in [1.29, 1.82) is 0 Å². The lowest BCUT2D eigenvalue weighted by Crippen LogP contribution is -2.20. The van der Waals surface area contributed by atoms with Gasteiger partial charge in [-0.2, -0.15) is 0 Å². The third-order valence-corrected chi connectivity index (χ3v) is 2.28. The van der Waals surface area contributed by atoms with Crippen LogP contribution in [0.15, 0.2) is 43.5 Å². The molecule has 0 aromatic heterocycles. The number of ether oxygens (including phenoxy) is 1. The van der Waals surface area contributed by atoms with Crippen molar-refractivity contribution in [3.05, 3.63) is 54.6 Å². The molecule has 0 spiro atoms. The van der Waals surface area contributed by atoms with E-state index in [4.69, 9.17) is 9.84 Å². The van der Waals surface area contributed by atoms with Gasteiger partial charge in [-0.05, 0) is 12.1 Å². The molecule has 21 heavy (non-hydrogen) atoms. The summed E-state index contributed by atoms with van der Waals surface area (Å²) in [5.74, 6) is -2.65. The molecule has 7 nitrogen and oxygen atoms in total. The van der Waals surface area contributed by atoms with Crippen molar-refractivity contribution in [2.24, 2.45) is 0 Å². The van der Waals surface area contributed by atoms with Crippen LogP contribution in [-0.2, 0) is 9.59 Å². The first kappa shape index (κ1) is 15.8. The van der Waals surface area contributed by atoms with Gasteiger partial charge in [0.25, 0.3) is 11.8 Å². The third kappa shape index (κ3) is 3.87. The van der Waals surface area contributed by atoms with Gasteiger partial charge in [0.2, 0.25) is 0 Å². The van der Waals surface area contributed by atoms with Crippen LogP contribution in [0.1, 0.15) is 20.7 Å². The van der Waals surface area contributed by atoms with E-state index in [0.29, 0.717) is 0 Å².